The molecule has 0 atom stereocenters. The van der Waals surface area contributed by atoms with Crippen molar-refractivity contribution in [2.24, 2.45) is 0 Å². The fourth-order valence-corrected chi connectivity index (χ4v) is 1.75. The van der Waals surface area contributed by atoms with Gasteiger partial charge in [-0.2, -0.15) is 5.26 Å². The maximum absolute atomic E-state index is 9.15. The average molecular weight is 210 g/mol. The summed E-state index contributed by atoms with van der Waals surface area (Å²) in [6.07, 6.45) is 0. The highest BCUT2D eigenvalue weighted by molar-refractivity contribution is 5.85. The summed E-state index contributed by atoms with van der Waals surface area (Å²) in [6, 6.07) is 10.2. The number of fused-ring (bicyclic) bond motifs is 1. The first kappa shape index (κ1) is 10.6. The maximum atomic E-state index is 9.15. The van der Waals surface area contributed by atoms with E-state index in [2.05, 4.69) is 24.9 Å². The third-order valence-corrected chi connectivity index (χ3v) is 2.70. The van der Waals surface area contributed by atoms with Crippen LogP contribution in [0.5, 0.6) is 0 Å². The fourth-order valence-electron chi connectivity index (χ4n) is 1.75. The number of nitriles is 1. The SMILES string of the molecule is Cc1ccc2nc(C(C)C)cc(C#N)c2c1. The lowest BCUT2D eigenvalue weighted by Gasteiger charge is -2.08. The van der Waals surface area contributed by atoms with Crippen molar-refractivity contribution in [3.8, 4) is 6.07 Å². The third-order valence-electron chi connectivity index (χ3n) is 2.70. The van der Waals surface area contributed by atoms with E-state index in [0.717, 1.165) is 27.7 Å². The number of hydrogen-bond donors (Lipinski definition) is 0. The molecule has 0 spiro atoms. The molecule has 0 N–H and O–H groups in total. The highest BCUT2D eigenvalue weighted by atomic mass is 14.7. The number of rotatable bonds is 1. The zero-order valence-corrected chi connectivity index (χ0v) is 9.78. The van der Waals surface area contributed by atoms with Gasteiger partial charge in [-0.1, -0.05) is 25.5 Å². The van der Waals surface area contributed by atoms with Gasteiger partial charge >= 0.3 is 0 Å². The van der Waals surface area contributed by atoms with Gasteiger partial charge in [0.2, 0.25) is 0 Å². The van der Waals surface area contributed by atoms with Crippen molar-refractivity contribution in [3.05, 3.63) is 41.1 Å². The number of nitrogens with zero attached hydrogens (tertiary/aromatic N) is 2. The number of aryl methyl sites for hydroxylation is 1. The molecule has 1 aromatic heterocycles. The Labute approximate surface area is 95.6 Å². The van der Waals surface area contributed by atoms with Crippen LogP contribution < -0.4 is 0 Å². The largest absolute Gasteiger partial charge is 0.252 e. The smallest absolute Gasteiger partial charge is 0.0999 e. The Morgan fingerprint density at radius 3 is 2.62 bits per heavy atom. The molecule has 2 rings (SSSR count). The molecule has 2 heteroatoms. The van der Waals surface area contributed by atoms with Crippen molar-refractivity contribution < 1.29 is 0 Å². The summed E-state index contributed by atoms with van der Waals surface area (Å²) in [7, 11) is 0. The van der Waals surface area contributed by atoms with Crippen LogP contribution in [-0.2, 0) is 0 Å². The first-order valence-corrected chi connectivity index (χ1v) is 5.43. The lowest BCUT2D eigenvalue weighted by molar-refractivity contribution is 0.829. The van der Waals surface area contributed by atoms with Gasteiger partial charge in [-0.3, -0.25) is 4.98 Å². The second kappa shape index (κ2) is 3.94. The van der Waals surface area contributed by atoms with E-state index < -0.39 is 0 Å². The van der Waals surface area contributed by atoms with Gasteiger partial charge in [0.15, 0.2) is 0 Å². The summed E-state index contributed by atoms with van der Waals surface area (Å²) in [5.41, 5.74) is 3.77. The van der Waals surface area contributed by atoms with Crippen molar-refractivity contribution in [2.45, 2.75) is 26.7 Å². The zero-order valence-electron chi connectivity index (χ0n) is 9.78. The molecule has 0 amide bonds. The van der Waals surface area contributed by atoms with Gasteiger partial charge < -0.3 is 0 Å². The third kappa shape index (κ3) is 1.77. The molecule has 0 saturated carbocycles. The van der Waals surface area contributed by atoms with Gasteiger partial charge in [0, 0.05) is 11.1 Å². The summed E-state index contributed by atoms with van der Waals surface area (Å²) in [6.45, 7) is 6.20. The van der Waals surface area contributed by atoms with Crippen LogP contribution in [0.25, 0.3) is 10.9 Å². The lowest BCUT2D eigenvalue weighted by Crippen LogP contribution is -1.95. The molecule has 0 radical (unpaired) electrons. The topological polar surface area (TPSA) is 36.7 Å². The molecule has 0 saturated heterocycles. The lowest BCUT2D eigenvalue weighted by atomic mass is 10.0. The van der Waals surface area contributed by atoms with E-state index in [-0.39, 0.29) is 0 Å². The Kier molecular flexibility index (Phi) is 2.62. The van der Waals surface area contributed by atoms with E-state index in [1.807, 2.05) is 31.2 Å². The Balaban J connectivity index is 2.80. The summed E-state index contributed by atoms with van der Waals surface area (Å²) in [4.78, 5) is 4.57. The summed E-state index contributed by atoms with van der Waals surface area (Å²) >= 11 is 0. The molecule has 0 aliphatic heterocycles. The first-order chi connectivity index (χ1) is 7.61. The number of benzene rings is 1. The van der Waals surface area contributed by atoms with E-state index in [9.17, 15) is 0 Å². The molecule has 2 aromatic rings. The van der Waals surface area contributed by atoms with Gasteiger partial charge in [-0.15, -0.1) is 0 Å². The van der Waals surface area contributed by atoms with E-state index >= 15 is 0 Å². The molecule has 0 bridgehead atoms. The molecular formula is C14H14N2. The molecular weight excluding hydrogens is 196 g/mol. The van der Waals surface area contributed by atoms with Crippen molar-refractivity contribution in [3.63, 3.8) is 0 Å². The molecule has 2 nitrogen and oxygen atoms in total. The minimum atomic E-state index is 0.345. The van der Waals surface area contributed by atoms with Crippen molar-refractivity contribution >= 4 is 10.9 Å². The fraction of sp³-hybridized carbons (Fsp3) is 0.286. The molecule has 1 heterocycles. The van der Waals surface area contributed by atoms with E-state index in [0.29, 0.717) is 5.92 Å². The standard InChI is InChI=1S/C14H14N2/c1-9(2)14-7-11(8-15)12-6-10(3)4-5-13(12)16-14/h4-7,9H,1-3H3. The van der Waals surface area contributed by atoms with Crippen LogP contribution in [-0.4, -0.2) is 4.98 Å². The van der Waals surface area contributed by atoms with Crippen LogP contribution in [0.3, 0.4) is 0 Å². The highest BCUT2D eigenvalue weighted by Crippen LogP contribution is 2.22. The second-order valence-corrected chi connectivity index (χ2v) is 4.38. The minimum absolute atomic E-state index is 0.345. The molecule has 16 heavy (non-hydrogen) atoms. The predicted molar refractivity (Wildman–Crippen MR) is 65.3 cm³/mol. The molecule has 0 aliphatic rings. The Hall–Kier alpha value is -1.88. The molecule has 0 unspecified atom stereocenters. The molecule has 0 fully saturated rings. The van der Waals surface area contributed by atoms with Crippen molar-refractivity contribution in [1.82, 2.24) is 4.98 Å². The highest BCUT2D eigenvalue weighted by Gasteiger charge is 2.08. The van der Waals surface area contributed by atoms with Gasteiger partial charge in [-0.25, -0.2) is 0 Å². The van der Waals surface area contributed by atoms with Crippen LogP contribution in [0, 0.1) is 18.3 Å². The van der Waals surface area contributed by atoms with Crippen LogP contribution in [0.4, 0.5) is 0 Å². The normalized spacial score (nSPS) is 10.7. The van der Waals surface area contributed by atoms with E-state index in [4.69, 9.17) is 5.26 Å². The number of pyridine rings is 1. The van der Waals surface area contributed by atoms with Gasteiger partial charge in [0.1, 0.15) is 0 Å². The van der Waals surface area contributed by atoms with Crippen LogP contribution in [0.2, 0.25) is 0 Å². The zero-order chi connectivity index (χ0) is 11.7. The minimum Gasteiger partial charge on any atom is -0.252 e. The Bertz CT molecular complexity index is 577. The van der Waals surface area contributed by atoms with Gasteiger partial charge in [0.05, 0.1) is 17.1 Å². The summed E-state index contributed by atoms with van der Waals surface area (Å²) in [5.74, 6) is 0.345. The van der Waals surface area contributed by atoms with Crippen molar-refractivity contribution in [1.29, 1.82) is 5.26 Å². The Morgan fingerprint density at radius 2 is 2.00 bits per heavy atom. The van der Waals surface area contributed by atoms with Crippen LogP contribution in [0.1, 0.15) is 36.6 Å². The van der Waals surface area contributed by atoms with Crippen molar-refractivity contribution in [2.75, 3.05) is 0 Å². The second-order valence-electron chi connectivity index (χ2n) is 4.38. The predicted octanol–water partition coefficient (Wildman–Crippen LogP) is 3.54. The summed E-state index contributed by atoms with van der Waals surface area (Å²) in [5, 5.41) is 10.1. The number of aromatic nitrogens is 1. The van der Waals surface area contributed by atoms with Gasteiger partial charge in [0.25, 0.3) is 0 Å². The Morgan fingerprint density at radius 1 is 1.25 bits per heavy atom. The van der Waals surface area contributed by atoms with Gasteiger partial charge in [-0.05, 0) is 31.0 Å². The van der Waals surface area contributed by atoms with E-state index in [1.54, 1.807) is 0 Å². The molecule has 1 aromatic carbocycles. The molecule has 0 aliphatic carbocycles. The molecule has 80 valence electrons. The van der Waals surface area contributed by atoms with Crippen LogP contribution >= 0.6 is 0 Å². The quantitative estimate of drug-likeness (QED) is 0.721. The monoisotopic (exact) mass is 210 g/mol. The van der Waals surface area contributed by atoms with Crippen LogP contribution in [0.15, 0.2) is 24.3 Å². The summed E-state index contributed by atoms with van der Waals surface area (Å²) < 4.78 is 0. The first-order valence-electron chi connectivity index (χ1n) is 5.43. The maximum Gasteiger partial charge on any atom is 0.0999 e. The van der Waals surface area contributed by atoms with E-state index in [1.165, 1.54) is 0 Å². The average Bonchev–Trinajstić information content (AvgIpc) is 2.27. The number of hydrogen-bond acceptors (Lipinski definition) is 2.